The van der Waals surface area contributed by atoms with Crippen molar-refractivity contribution in [1.82, 2.24) is 15.6 Å². The monoisotopic (exact) mass is 542 g/mol. The maximum Gasteiger partial charge on any atom is 0.219 e. The smallest absolute Gasteiger partial charge is 0.219 e. The number of aromatic nitrogens is 1. The first-order valence-electron chi connectivity index (χ1n) is 10.7. The number of benzene rings is 1. The molecule has 2 N–H and O–H groups in total. The third-order valence-corrected chi connectivity index (χ3v) is 4.13. The molecular formula is C23H35IN4O3. The van der Waals surface area contributed by atoms with Crippen LogP contribution in [0.25, 0.3) is 0 Å². The molecule has 0 amide bonds. The van der Waals surface area contributed by atoms with Gasteiger partial charge < -0.3 is 24.8 Å². The standard InChI is InChI=1S/C23H34N4O3.HI/c1-4-24-23(26-14-7-8-16-28-5-2)27-18-19-13-15-25-22(17-19)30-21-11-9-20(10-12-21)29-6-3;/h9-13,15,17H,4-8,14,16,18H2,1-3H3,(H2,24,26,27);1H. The Morgan fingerprint density at radius 2 is 1.74 bits per heavy atom. The lowest BCUT2D eigenvalue weighted by Gasteiger charge is -2.11. The molecule has 7 nitrogen and oxygen atoms in total. The zero-order valence-electron chi connectivity index (χ0n) is 18.7. The van der Waals surface area contributed by atoms with Crippen LogP contribution in [0.2, 0.25) is 0 Å². The van der Waals surface area contributed by atoms with E-state index < -0.39 is 0 Å². The minimum Gasteiger partial charge on any atom is -0.494 e. The first-order chi connectivity index (χ1) is 14.7. The van der Waals surface area contributed by atoms with E-state index in [0.717, 1.165) is 56.4 Å². The summed E-state index contributed by atoms with van der Waals surface area (Å²) in [5.74, 6) is 2.89. The van der Waals surface area contributed by atoms with Gasteiger partial charge in [0.1, 0.15) is 11.5 Å². The third kappa shape index (κ3) is 11.2. The van der Waals surface area contributed by atoms with Gasteiger partial charge in [0.05, 0.1) is 13.2 Å². The summed E-state index contributed by atoms with van der Waals surface area (Å²) in [6, 6.07) is 11.4. The van der Waals surface area contributed by atoms with Crippen LogP contribution in [0, 0.1) is 0 Å². The number of halogens is 1. The minimum absolute atomic E-state index is 0. The normalized spacial score (nSPS) is 10.9. The molecule has 8 heteroatoms. The summed E-state index contributed by atoms with van der Waals surface area (Å²) in [5, 5.41) is 6.64. The predicted octanol–water partition coefficient (Wildman–Crippen LogP) is 4.76. The number of unbranched alkanes of at least 4 members (excludes halogenated alkanes) is 1. The summed E-state index contributed by atoms with van der Waals surface area (Å²) in [5.41, 5.74) is 1.03. The Hall–Kier alpha value is -2.07. The molecule has 0 fully saturated rings. The number of guanidine groups is 1. The van der Waals surface area contributed by atoms with Gasteiger partial charge in [-0.15, -0.1) is 24.0 Å². The Morgan fingerprint density at radius 1 is 0.968 bits per heavy atom. The molecule has 1 heterocycles. The van der Waals surface area contributed by atoms with Crippen LogP contribution in [-0.2, 0) is 11.3 Å². The Morgan fingerprint density at radius 3 is 2.45 bits per heavy atom. The molecule has 0 unspecified atom stereocenters. The van der Waals surface area contributed by atoms with Gasteiger partial charge in [0.2, 0.25) is 5.88 Å². The van der Waals surface area contributed by atoms with Crippen molar-refractivity contribution in [2.45, 2.75) is 40.2 Å². The first kappa shape index (κ1) is 27.0. The summed E-state index contributed by atoms with van der Waals surface area (Å²) in [6.07, 6.45) is 3.82. The number of nitrogens with zero attached hydrogens (tertiary/aromatic N) is 2. The predicted molar refractivity (Wildman–Crippen MR) is 136 cm³/mol. The summed E-state index contributed by atoms with van der Waals surface area (Å²) in [6.45, 7) is 10.5. The van der Waals surface area contributed by atoms with Crippen molar-refractivity contribution >= 4 is 29.9 Å². The number of pyridine rings is 1. The van der Waals surface area contributed by atoms with Gasteiger partial charge in [-0.1, -0.05) is 0 Å². The second-order valence-electron chi connectivity index (χ2n) is 6.53. The van der Waals surface area contributed by atoms with Gasteiger partial charge >= 0.3 is 0 Å². The molecule has 0 spiro atoms. The van der Waals surface area contributed by atoms with Gasteiger partial charge in [-0.2, -0.15) is 0 Å². The Kier molecular flexibility index (Phi) is 14.4. The average Bonchev–Trinajstić information content (AvgIpc) is 2.76. The number of aliphatic imine (C=N–C) groups is 1. The van der Waals surface area contributed by atoms with Crippen LogP contribution in [0.3, 0.4) is 0 Å². The number of rotatable bonds is 13. The van der Waals surface area contributed by atoms with Crippen molar-refractivity contribution in [3.8, 4) is 17.4 Å². The molecule has 0 saturated heterocycles. The van der Waals surface area contributed by atoms with Crippen molar-refractivity contribution in [2.75, 3.05) is 32.9 Å². The highest BCUT2D eigenvalue weighted by molar-refractivity contribution is 14.0. The maximum absolute atomic E-state index is 5.86. The molecule has 0 aliphatic carbocycles. The lowest BCUT2D eigenvalue weighted by molar-refractivity contribution is 0.143. The van der Waals surface area contributed by atoms with Crippen LogP contribution in [-0.4, -0.2) is 43.9 Å². The lowest BCUT2D eigenvalue weighted by Crippen LogP contribution is -2.37. The molecule has 0 atom stereocenters. The zero-order valence-corrected chi connectivity index (χ0v) is 21.1. The molecule has 1 aromatic heterocycles. The van der Waals surface area contributed by atoms with E-state index in [2.05, 4.69) is 27.5 Å². The van der Waals surface area contributed by atoms with Crippen molar-refractivity contribution in [1.29, 1.82) is 0 Å². The fraction of sp³-hybridized carbons (Fsp3) is 0.478. The molecule has 0 aliphatic rings. The van der Waals surface area contributed by atoms with Crippen LogP contribution in [0.1, 0.15) is 39.2 Å². The van der Waals surface area contributed by atoms with E-state index in [1.165, 1.54) is 0 Å². The Bertz CT molecular complexity index is 757. The van der Waals surface area contributed by atoms with Gasteiger partial charge in [0, 0.05) is 38.6 Å². The third-order valence-electron chi connectivity index (χ3n) is 4.13. The minimum atomic E-state index is 0. The van der Waals surface area contributed by atoms with Gasteiger partial charge in [-0.05, 0) is 69.5 Å². The van der Waals surface area contributed by atoms with E-state index in [4.69, 9.17) is 14.2 Å². The SMILES string of the molecule is CCNC(=NCc1ccnc(Oc2ccc(OCC)cc2)c1)NCCCCOCC.I. The largest absolute Gasteiger partial charge is 0.494 e. The summed E-state index contributed by atoms with van der Waals surface area (Å²) < 4.78 is 16.7. The highest BCUT2D eigenvalue weighted by Gasteiger charge is 2.03. The zero-order chi connectivity index (χ0) is 21.4. The van der Waals surface area contributed by atoms with Crippen LogP contribution in [0.15, 0.2) is 47.6 Å². The van der Waals surface area contributed by atoms with E-state index in [-0.39, 0.29) is 24.0 Å². The first-order valence-corrected chi connectivity index (χ1v) is 10.7. The second kappa shape index (κ2) is 16.6. The fourth-order valence-corrected chi connectivity index (χ4v) is 2.69. The summed E-state index contributed by atoms with van der Waals surface area (Å²) >= 11 is 0. The Balaban J connectivity index is 0.00000480. The molecule has 2 aromatic rings. The number of hydrogen-bond acceptors (Lipinski definition) is 5. The highest BCUT2D eigenvalue weighted by Crippen LogP contribution is 2.23. The van der Waals surface area contributed by atoms with Crippen molar-refractivity contribution in [3.63, 3.8) is 0 Å². The average molecular weight is 542 g/mol. The summed E-state index contributed by atoms with van der Waals surface area (Å²) in [4.78, 5) is 8.96. The topological polar surface area (TPSA) is 77.0 Å². The van der Waals surface area contributed by atoms with Crippen molar-refractivity contribution in [2.24, 2.45) is 4.99 Å². The highest BCUT2D eigenvalue weighted by atomic mass is 127. The number of ether oxygens (including phenoxy) is 3. The van der Waals surface area contributed by atoms with E-state index in [0.29, 0.717) is 24.8 Å². The second-order valence-corrected chi connectivity index (χ2v) is 6.53. The molecule has 0 bridgehead atoms. The molecule has 31 heavy (non-hydrogen) atoms. The van der Waals surface area contributed by atoms with E-state index in [9.17, 15) is 0 Å². The fourth-order valence-electron chi connectivity index (χ4n) is 2.69. The molecule has 0 saturated carbocycles. The van der Waals surface area contributed by atoms with Gasteiger partial charge in [-0.25, -0.2) is 9.98 Å². The quantitative estimate of drug-likeness (QED) is 0.165. The van der Waals surface area contributed by atoms with Gasteiger partial charge in [-0.3, -0.25) is 0 Å². The van der Waals surface area contributed by atoms with Crippen molar-refractivity contribution in [3.05, 3.63) is 48.2 Å². The van der Waals surface area contributed by atoms with Crippen LogP contribution < -0.4 is 20.1 Å². The number of hydrogen-bond donors (Lipinski definition) is 2. The van der Waals surface area contributed by atoms with Gasteiger partial charge in [0.25, 0.3) is 0 Å². The lowest BCUT2D eigenvalue weighted by atomic mass is 10.2. The van der Waals surface area contributed by atoms with Gasteiger partial charge in [0.15, 0.2) is 5.96 Å². The molecule has 2 rings (SSSR count). The maximum atomic E-state index is 5.86. The van der Waals surface area contributed by atoms with Crippen LogP contribution >= 0.6 is 24.0 Å². The van der Waals surface area contributed by atoms with E-state index in [1.807, 2.05) is 50.2 Å². The number of nitrogens with one attached hydrogen (secondary N) is 2. The Labute approximate surface area is 203 Å². The van der Waals surface area contributed by atoms with Crippen LogP contribution in [0.5, 0.6) is 17.4 Å². The van der Waals surface area contributed by atoms with Crippen molar-refractivity contribution < 1.29 is 14.2 Å². The molecular weight excluding hydrogens is 507 g/mol. The van der Waals surface area contributed by atoms with E-state index >= 15 is 0 Å². The summed E-state index contributed by atoms with van der Waals surface area (Å²) in [7, 11) is 0. The van der Waals surface area contributed by atoms with E-state index in [1.54, 1.807) is 6.20 Å². The molecule has 0 aliphatic heterocycles. The molecule has 0 radical (unpaired) electrons. The molecule has 1 aromatic carbocycles. The molecule has 172 valence electrons. The van der Waals surface area contributed by atoms with Crippen LogP contribution in [0.4, 0.5) is 0 Å².